The first-order valence-electron chi connectivity index (χ1n) is 21.3. The van der Waals surface area contributed by atoms with Crippen LogP contribution in [0.5, 0.6) is 0 Å². The third-order valence-corrected chi connectivity index (χ3v) is 11.2. The second-order valence-electron chi connectivity index (χ2n) is 16.0. The molecule has 1 saturated carbocycles. The molecule has 10 nitrogen and oxygen atoms in total. The summed E-state index contributed by atoms with van der Waals surface area (Å²) in [6.07, 6.45) is 29.1. The summed E-state index contributed by atoms with van der Waals surface area (Å²) < 4.78 is 13.2. The number of nitrogens with zero attached hydrogens (tertiary/aromatic N) is 1. The predicted molar refractivity (Wildman–Crippen MR) is 210 cm³/mol. The molecule has 10 heteroatoms. The number of ether oxygens (including phenoxy) is 2. The van der Waals surface area contributed by atoms with E-state index in [1.54, 1.807) is 7.11 Å². The Bertz CT molecular complexity index is 1260. The van der Waals surface area contributed by atoms with E-state index >= 15 is 0 Å². The first-order valence-corrected chi connectivity index (χ1v) is 21.3. The largest absolute Gasteiger partial charge is 0.382 e. The van der Waals surface area contributed by atoms with Gasteiger partial charge in [0.15, 0.2) is 0 Å². The average Bonchev–Trinajstić information content (AvgIpc) is 3.89. The number of aromatic nitrogens is 2. The van der Waals surface area contributed by atoms with Gasteiger partial charge < -0.3 is 20.1 Å². The Labute approximate surface area is 314 Å². The van der Waals surface area contributed by atoms with E-state index < -0.39 is 23.4 Å². The van der Waals surface area contributed by atoms with Crippen LogP contribution in [0.3, 0.4) is 0 Å². The Balaban J connectivity index is 1.21. The molecular weight excluding hydrogens is 656 g/mol. The number of unbranched alkanes of at least 4 members (excludes halogenated alkanes) is 18. The smallest absolute Gasteiger partial charge is 0.330 e. The van der Waals surface area contributed by atoms with Crippen LogP contribution in [0.15, 0.2) is 15.8 Å². The van der Waals surface area contributed by atoms with Crippen molar-refractivity contribution in [1.82, 2.24) is 20.2 Å². The van der Waals surface area contributed by atoms with Crippen molar-refractivity contribution in [3.05, 3.63) is 32.6 Å². The van der Waals surface area contributed by atoms with Gasteiger partial charge in [0.2, 0.25) is 5.91 Å². The Morgan fingerprint density at radius 1 is 0.808 bits per heavy atom. The number of H-pyrrole nitrogens is 1. The number of amides is 2. The number of hydrogen-bond donors (Lipinski definition) is 3. The molecule has 0 spiro atoms. The zero-order valence-electron chi connectivity index (χ0n) is 33.3. The lowest BCUT2D eigenvalue weighted by molar-refractivity contribution is -0.121. The molecule has 2 aliphatic rings. The normalized spacial score (nSPS) is 20.1. The Kier molecular flexibility index (Phi) is 21.6. The topological polar surface area (TPSA) is 132 Å². The molecule has 0 bridgehead atoms. The van der Waals surface area contributed by atoms with Crippen LogP contribution in [0, 0.1) is 23.7 Å². The Morgan fingerprint density at radius 2 is 1.33 bits per heavy atom. The molecule has 1 aliphatic heterocycles. The van der Waals surface area contributed by atoms with Gasteiger partial charge in [-0.15, -0.1) is 0 Å². The maximum Gasteiger partial charge on any atom is 0.330 e. The van der Waals surface area contributed by atoms with Crippen molar-refractivity contribution in [2.45, 2.75) is 181 Å². The molecule has 4 atom stereocenters. The first kappa shape index (κ1) is 43.9. The van der Waals surface area contributed by atoms with E-state index in [1.165, 1.54) is 120 Å². The maximum atomic E-state index is 13.0. The molecule has 1 saturated heterocycles. The summed E-state index contributed by atoms with van der Waals surface area (Å²) >= 11 is 0. The monoisotopic (exact) mass is 731 g/mol. The van der Waals surface area contributed by atoms with E-state index in [2.05, 4.69) is 36.4 Å². The van der Waals surface area contributed by atoms with Crippen LogP contribution in [-0.2, 0) is 14.3 Å². The highest BCUT2D eigenvalue weighted by Gasteiger charge is 2.52. The number of carbonyl (C=O) groups excluding carboxylic acids is 2. The second kappa shape index (κ2) is 25.5. The highest BCUT2D eigenvalue weighted by Crippen LogP contribution is 2.54. The SMILES string of the molecule is CCCCCCCCCCCCCCCCCCCCCC(=O)NCCCNC(=O)c1cn(C2OC(COC)C(C(C)C)C2C2CC2)c(=O)[nH]c1=O. The fraction of sp³-hybridized carbons (Fsp3) is 0.857. The molecule has 4 unspecified atom stereocenters. The predicted octanol–water partition coefficient (Wildman–Crippen LogP) is 8.44. The molecule has 52 heavy (non-hydrogen) atoms. The molecule has 1 aromatic rings. The summed E-state index contributed by atoms with van der Waals surface area (Å²) in [7, 11) is 1.64. The third-order valence-electron chi connectivity index (χ3n) is 11.2. The van der Waals surface area contributed by atoms with Gasteiger partial charge in [0, 0.05) is 38.7 Å². The van der Waals surface area contributed by atoms with Gasteiger partial charge in [-0.05, 0) is 43.4 Å². The van der Waals surface area contributed by atoms with E-state index in [1.807, 2.05) is 0 Å². The van der Waals surface area contributed by atoms with Crippen LogP contribution in [0.25, 0.3) is 0 Å². The third kappa shape index (κ3) is 15.9. The van der Waals surface area contributed by atoms with E-state index in [0.29, 0.717) is 44.4 Å². The molecule has 3 N–H and O–H groups in total. The molecule has 0 radical (unpaired) electrons. The maximum absolute atomic E-state index is 13.0. The fourth-order valence-corrected chi connectivity index (χ4v) is 8.17. The van der Waals surface area contributed by atoms with Gasteiger partial charge in [-0.3, -0.25) is 23.9 Å². The second-order valence-corrected chi connectivity index (χ2v) is 16.0. The van der Waals surface area contributed by atoms with Crippen molar-refractivity contribution in [2.75, 3.05) is 26.8 Å². The van der Waals surface area contributed by atoms with Crippen molar-refractivity contribution in [2.24, 2.45) is 23.7 Å². The van der Waals surface area contributed by atoms with Crippen LogP contribution in [0.1, 0.15) is 185 Å². The van der Waals surface area contributed by atoms with E-state index in [4.69, 9.17) is 9.47 Å². The van der Waals surface area contributed by atoms with E-state index in [0.717, 1.165) is 25.7 Å². The van der Waals surface area contributed by atoms with Crippen LogP contribution < -0.4 is 21.9 Å². The van der Waals surface area contributed by atoms with Crippen LogP contribution >= 0.6 is 0 Å². The quantitative estimate of drug-likeness (QED) is 0.0681. The molecular formula is C42H74N4O6. The molecule has 3 rings (SSSR count). The van der Waals surface area contributed by atoms with Gasteiger partial charge in [0.1, 0.15) is 11.8 Å². The van der Waals surface area contributed by atoms with Crippen LogP contribution in [0.4, 0.5) is 0 Å². The minimum absolute atomic E-state index is 0.0371. The van der Waals surface area contributed by atoms with E-state index in [-0.39, 0.29) is 29.4 Å². The van der Waals surface area contributed by atoms with Gasteiger partial charge in [-0.25, -0.2) is 4.79 Å². The minimum atomic E-state index is -0.721. The number of carbonyl (C=O) groups is 2. The average molecular weight is 731 g/mol. The standard InChI is InChI=1S/C42H74N4O6/c1-5-6-7-8-9-10-11-12-13-14-15-16-17-18-19-20-21-22-23-25-36(47)43-28-24-29-44-39(48)34-30-46(42(50)45-40(34)49)41-38(33-26-27-33)37(32(2)3)35(52-41)31-51-4/h30,32-33,35,37-38,41H,5-29,31H2,1-4H3,(H,43,47)(H,44,48)(H,45,49,50). The van der Waals surface area contributed by atoms with Gasteiger partial charge in [-0.2, -0.15) is 0 Å². The molecule has 298 valence electrons. The summed E-state index contributed by atoms with van der Waals surface area (Å²) in [4.78, 5) is 53.3. The minimum Gasteiger partial charge on any atom is -0.382 e. The Morgan fingerprint density at radius 3 is 1.83 bits per heavy atom. The number of nitrogens with one attached hydrogen (secondary N) is 3. The number of methoxy groups -OCH3 is 1. The zero-order valence-corrected chi connectivity index (χ0v) is 33.3. The summed E-state index contributed by atoms with van der Waals surface area (Å²) in [5.74, 6) is 0.551. The highest BCUT2D eigenvalue weighted by atomic mass is 16.5. The van der Waals surface area contributed by atoms with Gasteiger partial charge in [-0.1, -0.05) is 136 Å². The van der Waals surface area contributed by atoms with Crippen molar-refractivity contribution in [3.8, 4) is 0 Å². The van der Waals surface area contributed by atoms with Gasteiger partial charge in [0.25, 0.3) is 11.5 Å². The molecule has 2 fully saturated rings. The summed E-state index contributed by atoms with van der Waals surface area (Å²) in [6.45, 7) is 7.77. The van der Waals surface area contributed by atoms with Crippen molar-refractivity contribution in [1.29, 1.82) is 0 Å². The zero-order chi connectivity index (χ0) is 37.6. The van der Waals surface area contributed by atoms with Crippen LogP contribution in [0.2, 0.25) is 0 Å². The summed E-state index contributed by atoms with van der Waals surface area (Å²) in [6, 6.07) is 0. The number of aromatic amines is 1. The highest BCUT2D eigenvalue weighted by molar-refractivity contribution is 5.93. The summed E-state index contributed by atoms with van der Waals surface area (Å²) in [5.41, 5.74) is -1.42. The van der Waals surface area contributed by atoms with Crippen molar-refractivity contribution < 1.29 is 19.1 Å². The molecule has 0 aromatic carbocycles. The molecule has 1 aromatic heterocycles. The van der Waals surface area contributed by atoms with Crippen molar-refractivity contribution >= 4 is 11.8 Å². The number of hydrogen-bond acceptors (Lipinski definition) is 6. The lowest BCUT2D eigenvalue weighted by Gasteiger charge is -2.27. The lowest BCUT2D eigenvalue weighted by Crippen LogP contribution is -2.40. The van der Waals surface area contributed by atoms with Crippen LogP contribution in [-0.4, -0.2) is 54.3 Å². The Hall–Kier alpha value is -2.46. The molecule has 1 aliphatic carbocycles. The van der Waals surface area contributed by atoms with Gasteiger partial charge >= 0.3 is 5.69 Å². The fourth-order valence-electron chi connectivity index (χ4n) is 8.17. The molecule has 2 heterocycles. The summed E-state index contributed by atoms with van der Waals surface area (Å²) in [5, 5.41) is 5.71. The number of rotatable bonds is 30. The van der Waals surface area contributed by atoms with Gasteiger partial charge in [0.05, 0.1) is 12.7 Å². The van der Waals surface area contributed by atoms with Crippen molar-refractivity contribution in [3.63, 3.8) is 0 Å². The van der Waals surface area contributed by atoms with E-state index in [9.17, 15) is 19.2 Å². The molecule has 2 amide bonds. The first-order chi connectivity index (χ1) is 25.3. The lowest BCUT2D eigenvalue weighted by atomic mass is 9.78.